The van der Waals surface area contributed by atoms with Gasteiger partial charge in [-0.05, 0) is 49.9 Å². The first-order valence-electron chi connectivity index (χ1n) is 10.6. The molecule has 1 amide bonds. The molecule has 0 aliphatic carbocycles. The molecule has 0 saturated carbocycles. The Bertz CT molecular complexity index is 1080. The Kier molecular flexibility index (Phi) is 5.26. The largest absolute Gasteiger partial charge is 0.457 e. The molecule has 3 aromatic rings. The highest BCUT2D eigenvalue weighted by atomic mass is 16.5. The molecule has 2 aromatic carbocycles. The summed E-state index contributed by atoms with van der Waals surface area (Å²) in [4.78, 5) is 21.5. The molecule has 1 N–H and O–H groups in total. The van der Waals surface area contributed by atoms with Crippen LogP contribution in [0.4, 0.5) is 0 Å². The number of carbonyl (C=O) groups excluding carboxylic acids is 1. The molecule has 7 heteroatoms. The fourth-order valence-electron chi connectivity index (χ4n) is 4.63. The normalized spacial score (nSPS) is 20.6. The van der Waals surface area contributed by atoms with Crippen LogP contribution in [0.2, 0.25) is 0 Å². The smallest absolute Gasteiger partial charge is 0.274 e. The van der Waals surface area contributed by atoms with E-state index in [1.807, 2.05) is 65.6 Å². The molecular formula is C24H25N5O2. The van der Waals surface area contributed by atoms with Gasteiger partial charge in [0.1, 0.15) is 11.5 Å². The van der Waals surface area contributed by atoms with E-state index < -0.39 is 0 Å². The molecule has 7 nitrogen and oxygen atoms in total. The number of benzene rings is 2. The van der Waals surface area contributed by atoms with Crippen molar-refractivity contribution in [3.63, 3.8) is 0 Å². The van der Waals surface area contributed by atoms with Crippen molar-refractivity contribution >= 4 is 12.6 Å². The van der Waals surface area contributed by atoms with Crippen LogP contribution in [0.3, 0.4) is 0 Å². The molecule has 0 radical (unpaired) electrons. The van der Waals surface area contributed by atoms with E-state index in [9.17, 15) is 4.79 Å². The maximum Gasteiger partial charge on any atom is 0.274 e. The molecule has 5 rings (SSSR count). The number of amides is 1. The third-order valence-corrected chi connectivity index (χ3v) is 6.14. The number of hydrogen-bond acceptors (Lipinski definition) is 5. The minimum absolute atomic E-state index is 0.0270. The average molecular weight is 415 g/mol. The number of nitrogens with one attached hydrogen (secondary N) is 1. The summed E-state index contributed by atoms with van der Waals surface area (Å²) in [6.07, 6.45) is 1.95. The van der Waals surface area contributed by atoms with Crippen molar-refractivity contribution in [3.8, 4) is 22.8 Å². The summed E-state index contributed by atoms with van der Waals surface area (Å²) in [5.74, 6) is 1.44. The minimum atomic E-state index is -0.0270. The predicted molar refractivity (Wildman–Crippen MR) is 120 cm³/mol. The number of para-hydroxylation sites is 2. The van der Waals surface area contributed by atoms with Gasteiger partial charge in [-0.25, -0.2) is 0 Å². The zero-order valence-electron chi connectivity index (χ0n) is 17.3. The molecule has 3 heterocycles. The van der Waals surface area contributed by atoms with Crippen LogP contribution < -0.4 is 4.74 Å². The second-order valence-corrected chi connectivity index (χ2v) is 8.05. The maximum atomic E-state index is 13.2. The van der Waals surface area contributed by atoms with E-state index in [0.29, 0.717) is 24.2 Å². The fraction of sp³-hybridized carbons (Fsp3) is 0.292. The molecule has 0 unspecified atom stereocenters. The van der Waals surface area contributed by atoms with Crippen LogP contribution in [0.5, 0.6) is 11.5 Å². The second-order valence-electron chi connectivity index (χ2n) is 8.05. The van der Waals surface area contributed by atoms with Crippen LogP contribution >= 0.6 is 0 Å². The van der Waals surface area contributed by atoms with E-state index in [-0.39, 0.29) is 11.9 Å². The molecule has 0 spiro atoms. The van der Waals surface area contributed by atoms with Gasteiger partial charge in [-0.2, -0.15) is 5.10 Å². The first kappa shape index (κ1) is 19.5. The van der Waals surface area contributed by atoms with Crippen molar-refractivity contribution in [2.75, 3.05) is 19.8 Å². The van der Waals surface area contributed by atoms with E-state index >= 15 is 0 Å². The zero-order valence-corrected chi connectivity index (χ0v) is 17.3. The van der Waals surface area contributed by atoms with Gasteiger partial charge in [-0.1, -0.05) is 30.3 Å². The van der Waals surface area contributed by atoms with Crippen molar-refractivity contribution in [1.82, 2.24) is 20.0 Å². The number of H-pyrrole nitrogens is 1. The quantitative estimate of drug-likeness (QED) is 0.621. The number of nitrogens with zero attached hydrogens (tertiary/aromatic N) is 4. The third kappa shape index (κ3) is 3.84. The van der Waals surface area contributed by atoms with Gasteiger partial charge in [0.2, 0.25) is 0 Å². The van der Waals surface area contributed by atoms with Crippen molar-refractivity contribution in [1.29, 1.82) is 0 Å². The highest BCUT2D eigenvalue weighted by molar-refractivity contribution is 5.94. The highest BCUT2D eigenvalue weighted by Gasteiger charge is 2.41. The van der Waals surface area contributed by atoms with E-state index in [1.165, 1.54) is 0 Å². The van der Waals surface area contributed by atoms with E-state index in [0.717, 1.165) is 42.9 Å². The van der Waals surface area contributed by atoms with E-state index in [2.05, 4.69) is 26.8 Å². The lowest BCUT2D eigenvalue weighted by Gasteiger charge is -2.32. The van der Waals surface area contributed by atoms with Gasteiger partial charge in [0.25, 0.3) is 5.91 Å². The van der Waals surface area contributed by atoms with Gasteiger partial charge in [-0.3, -0.25) is 19.8 Å². The van der Waals surface area contributed by atoms with Crippen LogP contribution in [-0.4, -0.2) is 64.5 Å². The minimum Gasteiger partial charge on any atom is -0.457 e. The van der Waals surface area contributed by atoms with Gasteiger partial charge < -0.3 is 9.64 Å². The van der Waals surface area contributed by atoms with Crippen LogP contribution in [0.15, 0.2) is 65.7 Å². The number of piperidine rings is 1. The Labute approximate surface area is 181 Å². The summed E-state index contributed by atoms with van der Waals surface area (Å²) < 4.78 is 6.06. The lowest BCUT2D eigenvalue weighted by Crippen LogP contribution is -2.44. The SMILES string of the molecule is C=NCN1C[C@H]2C[C@@H]1CCN2C(=O)c1cc(-c2ccccc2Oc2ccccc2)[nH]n1. The Hall–Kier alpha value is -3.45. The number of likely N-dealkylation sites (tertiary alicyclic amines) is 2. The van der Waals surface area contributed by atoms with Crippen LogP contribution in [0.1, 0.15) is 23.3 Å². The number of rotatable bonds is 6. The Morgan fingerprint density at radius 1 is 1.16 bits per heavy atom. The molecule has 2 atom stereocenters. The van der Waals surface area contributed by atoms with Gasteiger partial charge in [0.05, 0.1) is 12.4 Å². The first-order chi connectivity index (χ1) is 15.2. The second kappa shape index (κ2) is 8.35. The Morgan fingerprint density at radius 2 is 1.97 bits per heavy atom. The first-order valence-corrected chi connectivity index (χ1v) is 10.6. The lowest BCUT2D eigenvalue weighted by atomic mass is 10.0. The summed E-state index contributed by atoms with van der Waals surface area (Å²) in [6, 6.07) is 19.9. The standard InChI is InChI=1S/C24H25N5O2/c1-25-16-28-15-18-13-17(28)11-12-29(18)24(30)22-14-21(26-27-22)20-9-5-6-10-23(20)31-19-7-3-2-4-8-19/h2-10,14,17-18H,1,11-13,15-16H2,(H,26,27)/t17-,18+/m0/s1. The number of hydrogen-bond donors (Lipinski definition) is 1. The van der Waals surface area contributed by atoms with Crippen LogP contribution in [0.25, 0.3) is 11.3 Å². The summed E-state index contributed by atoms with van der Waals surface area (Å²) in [5.41, 5.74) is 2.05. The van der Waals surface area contributed by atoms with Crippen molar-refractivity contribution in [2.24, 2.45) is 4.99 Å². The average Bonchev–Trinajstić information content (AvgIpc) is 3.40. The maximum absolute atomic E-state index is 13.2. The van der Waals surface area contributed by atoms with Crippen molar-refractivity contribution in [3.05, 3.63) is 66.4 Å². The molecule has 2 bridgehead atoms. The van der Waals surface area contributed by atoms with E-state index in [4.69, 9.17) is 4.74 Å². The molecule has 2 saturated heterocycles. The topological polar surface area (TPSA) is 73.8 Å². The monoisotopic (exact) mass is 415 g/mol. The zero-order chi connectivity index (χ0) is 21.2. The number of aliphatic imine (C=N–C) groups is 1. The molecule has 1 aromatic heterocycles. The lowest BCUT2D eigenvalue weighted by molar-refractivity contribution is 0.0651. The summed E-state index contributed by atoms with van der Waals surface area (Å²) in [6.45, 7) is 5.84. The van der Waals surface area contributed by atoms with Crippen molar-refractivity contribution < 1.29 is 9.53 Å². The number of aromatic amines is 1. The van der Waals surface area contributed by atoms with Gasteiger partial charge in [0, 0.05) is 30.7 Å². The number of ether oxygens (including phenoxy) is 1. The van der Waals surface area contributed by atoms with Gasteiger partial charge in [0.15, 0.2) is 5.69 Å². The molecule has 2 aliphatic rings. The highest BCUT2D eigenvalue weighted by Crippen LogP contribution is 2.34. The fourth-order valence-corrected chi connectivity index (χ4v) is 4.63. The number of carbonyl (C=O) groups is 1. The summed E-state index contributed by atoms with van der Waals surface area (Å²) >= 11 is 0. The summed E-state index contributed by atoms with van der Waals surface area (Å²) in [7, 11) is 0. The van der Waals surface area contributed by atoms with Crippen LogP contribution in [0, 0.1) is 0 Å². The van der Waals surface area contributed by atoms with Gasteiger partial charge in [-0.15, -0.1) is 0 Å². The predicted octanol–water partition coefficient (Wildman–Crippen LogP) is 3.82. The third-order valence-electron chi connectivity index (χ3n) is 6.14. The number of fused-ring (bicyclic) bond motifs is 2. The molecule has 2 aliphatic heterocycles. The molecular weight excluding hydrogens is 390 g/mol. The van der Waals surface area contributed by atoms with Gasteiger partial charge >= 0.3 is 0 Å². The van der Waals surface area contributed by atoms with E-state index in [1.54, 1.807) is 0 Å². The molecule has 31 heavy (non-hydrogen) atoms. The molecule has 158 valence electrons. The number of aromatic nitrogens is 2. The Balaban J connectivity index is 1.35. The van der Waals surface area contributed by atoms with Crippen LogP contribution in [-0.2, 0) is 0 Å². The summed E-state index contributed by atoms with van der Waals surface area (Å²) in [5, 5.41) is 7.37. The molecule has 2 fully saturated rings. The van der Waals surface area contributed by atoms with Crippen molar-refractivity contribution in [2.45, 2.75) is 24.9 Å². The Morgan fingerprint density at radius 3 is 2.81 bits per heavy atom.